The maximum absolute atomic E-state index is 12.3. The van der Waals surface area contributed by atoms with Crippen molar-refractivity contribution in [2.45, 2.75) is 52.5 Å². The largest absolute Gasteiger partial charge is 0.462 e. The Labute approximate surface area is 135 Å². The van der Waals surface area contributed by atoms with Crippen molar-refractivity contribution in [2.24, 2.45) is 0 Å². The first-order valence-electron chi connectivity index (χ1n) is 7.94. The summed E-state index contributed by atoms with van der Waals surface area (Å²) in [5.41, 5.74) is 1.63. The highest BCUT2D eigenvalue weighted by Crippen LogP contribution is 2.39. The molecule has 122 valence electrons. The van der Waals surface area contributed by atoms with Gasteiger partial charge in [0.1, 0.15) is 5.00 Å². The molecule has 1 amide bonds. The Morgan fingerprint density at radius 3 is 2.77 bits per heavy atom. The monoisotopic (exact) mass is 324 g/mol. The molecular formula is C16H24N2O3S. The van der Waals surface area contributed by atoms with Crippen molar-refractivity contribution < 1.29 is 14.3 Å². The number of ether oxygens (including phenoxy) is 1. The Morgan fingerprint density at radius 1 is 1.32 bits per heavy atom. The number of carbonyl (C=O) groups excluding carboxylic acids is 2. The number of aryl methyl sites for hydroxylation is 1. The Morgan fingerprint density at radius 2 is 2.09 bits per heavy atom. The van der Waals surface area contributed by atoms with Crippen molar-refractivity contribution >= 4 is 28.2 Å². The van der Waals surface area contributed by atoms with Crippen LogP contribution in [-0.2, 0) is 22.4 Å². The molecule has 0 aliphatic heterocycles. The summed E-state index contributed by atoms with van der Waals surface area (Å²) in [4.78, 5) is 25.7. The van der Waals surface area contributed by atoms with E-state index in [9.17, 15) is 9.59 Å². The van der Waals surface area contributed by atoms with Crippen LogP contribution in [0.15, 0.2) is 0 Å². The van der Waals surface area contributed by atoms with Crippen molar-refractivity contribution in [1.82, 2.24) is 5.32 Å². The lowest BCUT2D eigenvalue weighted by Gasteiger charge is -2.13. The van der Waals surface area contributed by atoms with Crippen molar-refractivity contribution in [3.8, 4) is 0 Å². The minimum absolute atomic E-state index is 0.112. The molecule has 0 fully saturated rings. The minimum Gasteiger partial charge on any atom is -0.462 e. The number of anilines is 1. The van der Waals surface area contributed by atoms with Gasteiger partial charge in [-0.15, -0.1) is 11.3 Å². The number of hydrogen-bond donors (Lipinski definition) is 2. The second kappa shape index (κ2) is 7.74. The minimum atomic E-state index is -0.327. The van der Waals surface area contributed by atoms with Crippen LogP contribution in [0.25, 0.3) is 0 Å². The van der Waals surface area contributed by atoms with Gasteiger partial charge in [-0.25, -0.2) is 4.79 Å². The van der Waals surface area contributed by atoms with Crippen molar-refractivity contribution in [3.05, 3.63) is 16.0 Å². The SMILES string of the molecule is CCCNC(C)C(=O)Nc1sc2c(c1C(=O)OCC)CCC2. The summed E-state index contributed by atoms with van der Waals surface area (Å²) in [6.45, 7) is 6.81. The molecule has 0 radical (unpaired) electrons. The molecule has 2 rings (SSSR count). The molecule has 0 spiro atoms. The number of hydrogen-bond acceptors (Lipinski definition) is 5. The molecule has 1 atom stereocenters. The van der Waals surface area contributed by atoms with Gasteiger partial charge in [0.05, 0.1) is 18.2 Å². The highest BCUT2D eigenvalue weighted by atomic mass is 32.1. The third kappa shape index (κ3) is 3.67. The van der Waals surface area contributed by atoms with Gasteiger partial charge in [0.2, 0.25) is 5.91 Å². The van der Waals surface area contributed by atoms with Gasteiger partial charge in [-0.1, -0.05) is 6.92 Å². The molecule has 1 aromatic rings. The first-order chi connectivity index (χ1) is 10.6. The zero-order valence-electron chi connectivity index (χ0n) is 13.5. The molecule has 22 heavy (non-hydrogen) atoms. The summed E-state index contributed by atoms with van der Waals surface area (Å²) in [5.74, 6) is -0.440. The molecule has 1 heterocycles. The Kier molecular flexibility index (Phi) is 5.97. The first kappa shape index (κ1) is 17.0. The van der Waals surface area contributed by atoms with Crippen molar-refractivity contribution in [1.29, 1.82) is 0 Å². The summed E-state index contributed by atoms with van der Waals surface area (Å²) in [6.07, 6.45) is 3.90. The molecule has 6 heteroatoms. The maximum Gasteiger partial charge on any atom is 0.341 e. The maximum atomic E-state index is 12.3. The van der Waals surface area contributed by atoms with Gasteiger partial charge >= 0.3 is 5.97 Å². The molecule has 0 bridgehead atoms. The molecule has 2 N–H and O–H groups in total. The van der Waals surface area contributed by atoms with E-state index in [1.54, 1.807) is 6.92 Å². The van der Waals surface area contributed by atoms with E-state index < -0.39 is 0 Å². The van der Waals surface area contributed by atoms with Gasteiger partial charge < -0.3 is 15.4 Å². The van der Waals surface area contributed by atoms with Gasteiger partial charge in [0, 0.05) is 4.88 Å². The summed E-state index contributed by atoms with van der Waals surface area (Å²) < 4.78 is 5.16. The van der Waals surface area contributed by atoms with Gasteiger partial charge in [-0.2, -0.15) is 0 Å². The zero-order valence-corrected chi connectivity index (χ0v) is 14.3. The average Bonchev–Trinajstić information content (AvgIpc) is 3.04. The van der Waals surface area contributed by atoms with E-state index in [1.165, 1.54) is 16.2 Å². The third-order valence-electron chi connectivity index (χ3n) is 3.73. The number of carbonyl (C=O) groups is 2. The number of esters is 1. The van der Waals surface area contributed by atoms with Crippen LogP contribution < -0.4 is 10.6 Å². The standard InChI is InChI=1S/C16H24N2O3S/c1-4-9-17-10(3)14(19)18-15-13(16(20)21-5-2)11-7-6-8-12(11)22-15/h10,17H,4-9H2,1-3H3,(H,18,19). The molecule has 1 aliphatic rings. The van der Waals surface area contributed by atoms with E-state index in [-0.39, 0.29) is 17.9 Å². The zero-order chi connectivity index (χ0) is 16.1. The highest BCUT2D eigenvalue weighted by molar-refractivity contribution is 7.17. The number of amides is 1. The van der Waals surface area contributed by atoms with Crippen molar-refractivity contribution in [3.63, 3.8) is 0 Å². The van der Waals surface area contributed by atoms with E-state index in [0.29, 0.717) is 17.2 Å². The molecule has 1 unspecified atom stereocenters. The average molecular weight is 324 g/mol. The van der Waals surface area contributed by atoms with E-state index in [2.05, 4.69) is 17.6 Å². The lowest BCUT2D eigenvalue weighted by atomic mass is 10.1. The van der Waals surface area contributed by atoms with Crippen LogP contribution >= 0.6 is 11.3 Å². The Hall–Kier alpha value is -1.40. The van der Waals surface area contributed by atoms with E-state index in [4.69, 9.17) is 4.74 Å². The molecule has 1 aliphatic carbocycles. The molecule has 0 saturated carbocycles. The number of rotatable bonds is 7. The fourth-order valence-corrected chi connectivity index (χ4v) is 3.87. The molecule has 0 aromatic carbocycles. The van der Waals surface area contributed by atoms with Crippen LogP contribution in [0.1, 0.15) is 54.4 Å². The van der Waals surface area contributed by atoms with E-state index in [0.717, 1.165) is 37.8 Å². The topological polar surface area (TPSA) is 67.4 Å². The lowest BCUT2D eigenvalue weighted by Crippen LogP contribution is -2.38. The predicted octanol–water partition coefficient (Wildman–Crippen LogP) is 2.74. The van der Waals surface area contributed by atoms with Crippen LogP contribution in [-0.4, -0.2) is 31.1 Å². The van der Waals surface area contributed by atoms with Gasteiger partial charge in [-0.05, 0) is 51.6 Å². The second-order valence-corrected chi connectivity index (χ2v) is 6.55. The number of fused-ring (bicyclic) bond motifs is 1. The number of nitrogens with one attached hydrogen (secondary N) is 2. The second-order valence-electron chi connectivity index (χ2n) is 5.45. The van der Waals surface area contributed by atoms with Crippen LogP contribution in [0.2, 0.25) is 0 Å². The van der Waals surface area contributed by atoms with Gasteiger partial charge in [0.25, 0.3) is 0 Å². The van der Waals surface area contributed by atoms with Crippen LogP contribution in [0.5, 0.6) is 0 Å². The number of thiophene rings is 1. The van der Waals surface area contributed by atoms with E-state index in [1.807, 2.05) is 6.92 Å². The smallest absolute Gasteiger partial charge is 0.341 e. The molecule has 5 nitrogen and oxygen atoms in total. The van der Waals surface area contributed by atoms with E-state index >= 15 is 0 Å². The predicted molar refractivity (Wildman–Crippen MR) is 88.7 cm³/mol. The highest BCUT2D eigenvalue weighted by Gasteiger charge is 2.28. The molecular weight excluding hydrogens is 300 g/mol. The van der Waals surface area contributed by atoms with Crippen LogP contribution in [0, 0.1) is 0 Å². The normalized spacial score (nSPS) is 14.5. The summed E-state index contributed by atoms with van der Waals surface area (Å²) in [7, 11) is 0. The van der Waals surface area contributed by atoms with Crippen molar-refractivity contribution in [2.75, 3.05) is 18.5 Å². The third-order valence-corrected chi connectivity index (χ3v) is 4.94. The molecule has 0 saturated heterocycles. The Bertz CT molecular complexity index is 554. The quantitative estimate of drug-likeness (QED) is 0.757. The summed E-state index contributed by atoms with van der Waals surface area (Å²) in [5, 5.41) is 6.69. The fourth-order valence-electron chi connectivity index (χ4n) is 2.59. The fraction of sp³-hybridized carbons (Fsp3) is 0.625. The van der Waals surface area contributed by atoms with Crippen LogP contribution in [0.3, 0.4) is 0 Å². The molecule has 1 aromatic heterocycles. The summed E-state index contributed by atoms with van der Waals surface area (Å²) in [6, 6.07) is -0.285. The lowest BCUT2D eigenvalue weighted by molar-refractivity contribution is -0.117. The van der Waals surface area contributed by atoms with Gasteiger partial charge in [-0.3, -0.25) is 4.79 Å². The van der Waals surface area contributed by atoms with Crippen LogP contribution in [0.4, 0.5) is 5.00 Å². The first-order valence-corrected chi connectivity index (χ1v) is 8.76. The summed E-state index contributed by atoms with van der Waals surface area (Å²) >= 11 is 1.51. The Balaban J connectivity index is 2.17. The van der Waals surface area contributed by atoms with Gasteiger partial charge in [0.15, 0.2) is 0 Å².